The van der Waals surface area contributed by atoms with Crippen molar-refractivity contribution in [2.45, 2.75) is 52.5 Å². The van der Waals surface area contributed by atoms with E-state index in [0.717, 1.165) is 13.0 Å². The Bertz CT molecular complexity index is 141. The number of hydrogen-bond donors (Lipinski definition) is 1. The second-order valence-corrected chi connectivity index (χ2v) is 2.98. The highest BCUT2D eigenvalue weighted by atomic mass is 14.9. The molecule has 0 aliphatic carbocycles. The summed E-state index contributed by atoms with van der Waals surface area (Å²) >= 11 is 0. The molecule has 1 nitrogen and oxygen atoms in total. The molecule has 0 aromatic carbocycles. The van der Waals surface area contributed by atoms with Crippen LogP contribution in [-0.2, 0) is 0 Å². The van der Waals surface area contributed by atoms with Gasteiger partial charge in [0.15, 0.2) is 0 Å². The molecule has 0 saturated carbocycles. The van der Waals surface area contributed by atoms with Gasteiger partial charge in [0.2, 0.25) is 0 Å². The van der Waals surface area contributed by atoms with Gasteiger partial charge in [0, 0.05) is 12.5 Å². The molecule has 0 aliphatic heterocycles. The SMILES string of the molecule is CC#CCCCC(CC)NCC. The van der Waals surface area contributed by atoms with Gasteiger partial charge < -0.3 is 5.32 Å². The summed E-state index contributed by atoms with van der Waals surface area (Å²) in [5, 5.41) is 3.46. The van der Waals surface area contributed by atoms with Gasteiger partial charge in [0.1, 0.15) is 0 Å². The van der Waals surface area contributed by atoms with Crippen molar-refractivity contribution in [3.05, 3.63) is 0 Å². The van der Waals surface area contributed by atoms with Crippen LogP contribution in [0.15, 0.2) is 0 Å². The van der Waals surface area contributed by atoms with Crippen LogP contribution in [0.2, 0.25) is 0 Å². The maximum Gasteiger partial charge on any atom is 0.00891 e. The Morgan fingerprint density at radius 3 is 2.58 bits per heavy atom. The van der Waals surface area contributed by atoms with Crippen LogP contribution in [0.25, 0.3) is 0 Å². The summed E-state index contributed by atoms with van der Waals surface area (Å²) in [5.41, 5.74) is 0. The minimum Gasteiger partial charge on any atom is -0.314 e. The number of rotatable bonds is 6. The molecule has 70 valence electrons. The van der Waals surface area contributed by atoms with Gasteiger partial charge in [-0.15, -0.1) is 11.8 Å². The van der Waals surface area contributed by atoms with Crippen LogP contribution in [-0.4, -0.2) is 12.6 Å². The zero-order chi connectivity index (χ0) is 9.23. The Morgan fingerprint density at radius 2 is 2.08 bits per heavy atom. The molecular formula is C11H21N. The molecule has 0 bridgehead atoms. The molecule has 0 aromatic heterocycles. The maximum atomic E-state index is 3.46. The van der Waals surface area contributed by atoms with Crippen molar-refractivity contribution in [2.75, 3.05) is 6.54 Å². The van der Waals surface area contributed by atoms with Crippen molar-refractivity contribution in [1.82, 2.24) is 5.32 Å². The lowest BCUT2D eigenvalue weighted by atomic mass is 10.1. The zero-order valence-electron chi connectivity index (χ0n) is 8.61. The average Bonchev–Trinajstić information content (AvgIpc) is 2.10. The molecule has 0 amide bonds. The predicted molar refractivity (Wildman–Crippen MR) is 55.1 cm³/mol. The average molecular weight is 167 g/mol. The zero-order valence-corrected chi connectivity index (χ0v) is 8.61. The third-order valence-electron chi connectivity index (χ3n) is 2.02. The number of hydrogen-bond acceptors (Lipinski definition) is 1. The summed E-state index contributed by atoms with van der Waals surface area (Å²) in [5.74, 6) is 6.01. The van der Waals surface area contributed by atoms with Gasteiger partial charge in [-0.25, -0.2) is 0 Å². The van der Waals surface area contributed by atoms with Crippen molar-refractivity contribution >= 4 is 0 Å². The highest BCUT2D eigenvalue weighted by molar-refractivity contribution is 4.94. The summed E-state index contributed by atoms with van der Waals surface area (Å²) in [6.07, 6.45) is 4.77. The van der Waals surface area contributed by atoms with Gasteiger partial charge in [-0.1, -0.05) is 13.8 Å². The topological polar surface area (TPSA) is 12.0 Å². The molecule has 0 rings (SSSR count). The first kappa shape index (κ1) is 11.5. The number of nitrogens with one attached hydrogen (secondary N) is 1. The van der Waals surface area contributed by atoms with E-state index in [1.54, 1.807) is 0 Å². The van der Waals surface area contributed by atoms with Gasteiger partial charge in [-0.3, -0.25) is 0 Å². The lowest BCUT2D eigenvalue weighted by molar-refractivity contribution is 0.470. The van der Waals surface area contributed by atoms with Crippen LogP contribution in [0.1, 0.15) is 46.5 Å². The Balaban J connectivity index is 3.35. The molecule has 0 spiro atoms. The van der Waals surface area contributed by atoms with Gasteiger partial charge >= 0.3 is 0 Å². The van der Waals surface area contributed by atoms with E-state index in [0.29, 0.717) is 6.04 Å². The van der Waals surface area contributed by atoms with E-state index < -0.39 is 0 Å². The molecule has 1 heteroatoms. The van der Waals surface area contributed by atoms with Crippen LogP contribution >= 0.6 is 0 Å². The molecule has 1 N–H and O–H groups in total. The molecular weight excluding hydrogens is 146 g/mol. The van der Waals surface area contributed by atoms with E-state index in [4.69, 9.17) is 0 Å². The van der Waals surface area contributed by atoms with Gasteiger partial charge in [-0.05, 0) is 32.7 Å². The Labute approximate surface area is 76.9 Å². The Hall–Kier alpha value is -0.480. The van der Waals surface area contributed by atoms with Crippen molar-refractivity contribution in [2.24, 2.45) is 0 Å². The summed E-state index contributed by atoms with van der Waals surface area (Å²) in [6, 6.07) is 0.702. The molecule has 0 heterocycles. The van der Waals surface area contributed by atoms with Crippen molar-refractivity contribution in [3.63, 3.8) is 0 Å². The summed E-state index contributed by atoms with van der Waals surface area (Å²) in [4.78, 5) is 0. The summed E-state index contributed by atoms with van der Waals surface area (Å²) < 4.78 is 0. The normalized spacial score (nSPS) is 11.9. The largest absolute Gasteiger partial charge is 0.314 e. The Kier molecular flexibility index (Phi) is 8.27. The van der Waals surface area contributed by atoms with Crippen LogP contribution in [0, 0.1) is 11.8 Å². The van der Waals surface area contributed by atoms with E-state index in [1.165, 1.54) is 19.3 Å². The molecule has 12 heavy (non-hydrogen) atoms. The second-order valence-electron chi connectivity index (χ2n) is 2.98. The molecule has 0 saturated heterocycles. The fraction of sp³-hybridized carbons (Fsp3) is 0.818. The standard InChI is InChI=1S/C11H21N/c1-4-7-8-9-10-11(5-2)12-6-3/h11-12H,5-6,8-10H2,1-3H3. The van der Waals surface area contributed by atoms with Gasteiger partial charge in [-0.2, -0.15) is 0 Å². The van der Waals surface area contributed by atoms with Crippen LogP contribution < -0.4 is 5.32 Å². The predicted octanol–water partition coefficient (Wildman–Crippen LogP) is 2.57. The molecule has 0 radical (unpaired) electrons. The van der Waals surface area contributed by atoms with E-state index >= 15 is 0 Å². The van der Waals surface area contributed by atoms with E-state index in [2.05, 4.69) is 31.0 Å². The maximum absolute atomic E-state index is 3.46. The van der Waals surface area contributed by atoms with E-state index in [1.807, 2.05) is 6.92 Å². The fourth-order valence-electron chi connectivity index (χ4n) is 1.30. The van der Waals surface area contributed by atoms with Gasteiger partial charge in [0.05, 0.1) is 0 Å². The number of unbranched alkanes of at least 4 members (excludes halogenated alkanes) is 1. The molecule has 1 atom stereocenters. The van der Waals surface area contributed by atoms with Crippen molar-refractivity contribution in [3.8, 4) is 11.8 Å². The molecule has 0 aromatic rings. The van der Waals surface area contributed by atoms with Gasteiger partial charge in [0.25, 0.3) is 0 Å². The minimum atomic E-state index is 0.702. The summed E-state index contributed by atoms with van der Waals surface area (Å²) in [6.45, 7) is 7.38. The van der Waals surface area contributed by atoms with Crippen molar-refractivity contribution < 1.29 is 0 Å². The first-order valence-electron chi connectivity index (χ1n) is 4.98. The highest BCUT2D eigenvalue weighted by Crippen LogP contribution is 2.03. The lowest BCUT2D eigenvalue weighted by Crippen LogP contribution is -2.27. The molecule has 0 fully saturated rings. The quantitative estimate of drug-likeness (QED) is 0.473. The van der Waals surface area contributed by atoms with Crippen LogP contribution in [0.5, 0.6) is 0 Å². The summed E-state index contributed by atoms with van der Waals surface area (Å²) in [7, 11) is 0. The third kappa shape index (κ3) is 6.24. The smallest absolute Gasteiger partial charge is 0.00891 e. The fourth-order valence-corrected chi connectivity index (χ4v) is 1.30. The molecule has 1 unspecified atom stereocenters. The first-order chi connectivity index (χ1) is 5.85. The monoisotopic (exact) mass is 167 g/mol. The third-order valence-corrected chi connectivity index (χ3v) is 2.02. The highest BCUT2D eigenvalue weighted by Gasteiger charge is 2.01. The lowest BCUT2D eigenvalue weighted by Gasteiger charge is -2.14. The molecule has 0 aliphatic rings. The van der Waals surface area contributed by atoms with E-state index in [9.17, 15) is 0 Å². The minimum absolute atomic E-state index is 0.702. The van der Waals surface area contributed by atoms with Crippen LogP contribution in [0.3, 0.4) is 0 Å². The van der Waals surface area contributed by atoms with Crippen molar-refractivity contribution in [1.29, 1.82) is 0 Å². The Morgan fingerprint density at radius 1 is 1.33 bits per heavy atom. The van der Waals surface area contributed by atoms with E-state index in [-0.39, 0.29) is 0 Å². The van der Waals surface area contributed by atoms with Crippen LogP contribution in [0.4, 0.5) is 0 Å². The first-order valence-corrected chi connectivity index (χ1v) is 4.98. The second kappa shape index (κ2) is 8.62.